The molecule has 0 radical (unpaired) electrons. The molecule has 1 amide bonds. The van der Waals surface area contributed by atoms with Crippen molar-refractivity contribution in [3.63, 3.8) is 0 Å². The smallest absolute Gasteiger partial charge is 0.307 e. The molecule has 4 rings (SSSR count). The van der Waals surface area contributed by atoms with Crippen molar-refractivity contribution in [1.82, 2.24) is 10.2 Å². The largest absolute Gasteiger partial charge is 0.494 e. The molecule has 0 fully saturated rings. The Labute approximate surface area is 251 Å². The molecule has 0 saturated carbocycles. The molecule has 0 unspecified atom stereocenters. The zero-order chi connectivity index (χ0) is 30.9. The van der Waals surface area contributed by atoms with Gasteiger partial charge in [-0.3, -0.25) is 9.59 Å². The molecule has 2 N–H and O–H groups in total. The predicted octanol–water partition coefficient (Wildman–Crippen LogP) is 5.38. The van der Waals surface area contributed by atoms with E-state index < -0.39 is 0 Å². The average molecular weight is 592 g/mol. The number of fused-ring (bicyclic) bond motifs is 1. The highest BCUT2D eigenvalue weighted by Gasteiger charge is 2.26. The third-order valence-corrected chi connectivity index (χ3v) is 7.10. The molecule has 0 atom stereocenters. The third-order valence-electron chi connectivity index (χ3n) is 7.10. The van der Waals surface area contributed by atoms with Crippen LogP contribution in [-0.2, 0) is 20.9 Å². The molecule has 228 valence electrons. The van der Waals surface area contributed by atoms with E-state index in [1.165, 1.54) is 12.1 Å². The maximum Gasteiger partial charge on any atom is 0.307 e. The number of likely N-dealkylation sites (N-methyl/N-ethyl adjacent to an activating group) is 1. The molecule has 3 aromatic rings. The van der Waals surface area contributed by atoms with Crippen LogP contribution >= 0.6 is 0 Å². The van der Waals surface area contributed by atoms with Crippen molar-refractivity contribution in [2.45, 2.75) is 26.3 Å². The third kappa shape index (κ3) is 8.04. The first-order valence-corrected chi connectivity index (χ1v) is 14.0. The highest BCUT2D eigenvalue weighted by Crippen LogP contribution is 2.45. The van der Waals surface area contributed by atoms with Gasteiger partial charge in [-0.05, 0) is 96.9 Å². The summed E-state index contributed by atoms with van der Waals surface area (Å²) in [5.41, 5.74) is 5.43. The molecule has 43 heavy (non-hydrogen) atoms. The monoisotopic (exact) mass is 591 g/mol. The van der Waals surface area contributed by atoms with Gasteiger partial charge in [0.25, 0.3) is 0 Å². The second kappa shape index (κ2) is 14.6. The molecule has 0 saturated heterocycles. The summed E-state index contributed by atoms with van der Waals surface area (Å²) < 4.78 is 36.2. The number of amides is 1. The van der Waals surface area contributed by atoms with E-state index >= 15 is 0 Å². The van der Waals surface area contributed by atoms with Crippen molar-refractivity contribution in [2.24, 2.45) is 0 Å². The number of esters is 1. The van der Waals surface area contributed by atoms with Crippen molar-refractivity contribution in [2.75, 3.05) is 53.3 Å². The quantitative estimate of drug-likeness (QED) is 0.241. The number of furan rings is 1. The molecule has 0 bridgehead atoms. The van der Waals surface area contributed by atoms with E-state index in [1.54, 1.807) is 38.7 Å². The number of carbonyl (C=O) groups is 2. The summed E-state index contributed by atoms with van der Waals surface area (Å²) >= 11 is 0. The van der Waals surface area contributed by atoms with Gasteiger partial charge in [-0.2, -0.15) is 0 Å². The van der Waals surface area contributed by atoms with Gasteiger partial charge in [-0.1, -0.05) is 6.07 Å². The number of hydrogen-bond donors (Lipinski definition) is 2. The SMILES string of the molecule is COc1cc(/C=C2/C(C)=C(CC(=O)NCc3ccco3)c3cc(F)ccc32)cc(OC)c1NCCC(=O)OCCN(C)C. The fourth-order valence-corrected chi connectivity index (χ4v) is 4.86. The molecule has 0 spiro atoms. The van der Waals surface area contributed by atoms with Crippen molar-refractivity contribution in [3.8, 4) is 11.5 Å². The van der Waals surface area contributed by atoms with Gasteiger partial charge in [-0.15, -0.1) is 0 Å². The summed E-state index contributed by atoms with van der Waals surface area (Å²) in [4.78, 5) is 26.9. The topological polar surface area (TPSA) is 102 Å². The number of allylic oxidation sites excluding steroid dienone is 2. The Morgan fingerprint density at radius 3 is 2.44 bits per heavy atom. The minimum absolute atomic E-state index is 0.0907. The zero-order valence-corrected chi connectivity index (χ0v) is 25.2. The summed E-state index contributed by atoms with van der Waals surface area (Å²) in [5.74, 6) is 0.854. The Bertz CT molecular complexity index is 1490. The first kappa shape index (κ1) is 31.4. The van der Waals surface area contributed by atoms with E-state index in [0.29, 0.717) is 48.2 Å². The minimum atomic E-state index is -0.373. The molecule has 1 aliphatic rings. The number of anilines is 1. The fraction of sp³-hybridized carbons (Fsp3) is 0.333. The number of benzene rings is 2. The first-order chi connectivity index (χ1) is 20.7. The van der Waals surface area contributed by atoms with Crippen LogP contribution in [0.2, 0.25) is 0 Å². The van der Waals surface area contributed by atoms with Gasteiger partial charge < -0.3 is 34.2 Å². The van der Waals surface area contributed by atoms with Crippen LogP contribution in [0, 0.1) is 5.82 Å². The van der Waals surface area contributed by atoms with Gasteiger partial charge >= 0.3 is 5.97 Å². The lowest BCUT2D eigenvalue weighted by Gasteiger charge is -2.16. The van der Waals surface area contributed by atoms with Gasteiger partial charge in [0.1, 0.15) is 35.4 Å². The summed E-state index contributed by atoms with van der Waals surface area (Å²) in [5, 5.41) is 6.10. The van der Waals surface area contributed by atoms with Gasteiger partial charge in [-0.25, -0.2) is 4.39 Å². The minimum Gasteiger partial charge on any atom is -0.494 e. The molecule has 1 aliphatic carbocycles. The molecule has 1 heterocycles. The number of methoxy groups -OCH3 is 2. The highest BCUT2D eigenvalue weighted by atomic mass is 19.1. The van der Waals surface area contributed by atoms with E-state index in [0.717, 1.165) is 27.8 Å². The van der Waals surface area contributed by atoms with E-state index in [-0.39, 0.29) is 37.1 Å². The number of nitrogens with one attached hydrogen (secondary N) is 2. The van der Waals surface area contributed by atoms with Crippen LogP contribution in [0.5, 0.6) is 11.5 Å². The van der Waals surface area contributed by atoms with E-state index in [2.05, 4.69) is 10.6 Å². The first-order valence-electron chi connectivity index (χ1n) is 14.0. The van der Waals surface area contributed by atoms with Gasteiger partial charge in [0.2, 0.25) is 5.91 Å². The van der Waals surface area contributed by atoms with E-state index in [4.69, 9.17) is 18.6 Å². The number of ether oxygens (including phenoxy) is 3. The average Bonchev–Trinajstić information content (AvgIpc) is 3.59. The molecule has 1 aromatic heterocycles. The number of nitrogens with zero attached hydrogens (tertiary/aromatic N) is 1. The summed E-state index contributed by atoms with van der Waals surface area (Å²) in [6, 6.07) is 11.9. The number of carbonyl (C=O) groups excluding carboxylic acids is 2. The summed E-state index contributed by atoms with van der Waals surface area (Å²) in [7, 11) is 6.95. The van der Waals surface area contributed by atoms with Crippen LogP contribution < -0.4 is 20.1 Å². The Morgan fingerprint density at radius 1 is 1.05 bits per heavy atom. The summed E-state index contributed by atoms with van der Waals surface area (Å²) in [6.07, 6.45) is 3.79. The normalized spacial score (nSPS) is 13.3. The summed E-state index contributed by atoms with van der Waals surface area (Å²) in [6.45, 7) is 3.53. The van der Waals surface area contributed by atoms with Gasteiger partial charge in [0.15, 0.2) is 0 Å². The van der Waals surface area contributed by atoms with Crippen LogP contribution in [-0.4, -0.2) is 64.8 Å². The molecule has 10 heteroatoms. The van der Waals surface area contributed by atoms with Crippen molar-refractivity contribution < 1.29 is 32.6 Å². The second-order valence-electron chi connectivity index (χ2n) is 10.4. The molecular formula is C33H38FN3O6. The van der Waals surface area contributed by atoms with E-state index in [1.807, 2.05) is 44.1 Å². The van der Waals surface area contributed by atoms with Crippen LogP contribution in [0.1, 0.15) is 42.2 Å². The number of hydrogen-bond acceptors (Lipinski definition) is 8. The van der Waals surface area contributed by atoms with Crippen LogP contribution in [0.15, 0.2) is 58.7 Å². The van der Waals surface area contributed by atoms with E-state index in [9.17, 15) is 14.0 Å². The zero-order valence-electron chi connectivity index (χ0n) is 25.2. The lowest BCUT2D eigenvalue weighted by molar-refractivity contribution is -0.143. The molecule has 2 aromatic carbocycles. The molecule has 9 nitrogen and oxygen atoms in total. The molecular weight excluding hydrogens is 553 g/mol. The number of rotatable bonds is 14. The van der Waals surface area contributed by atoms with Crippen molar-refractivity contribution >= 4 is 34.8 Å². The van der Waals surface area contributed by atoms with Crippen LogP contribution in [0.4, 0.5) is 10.1 Å². The highest BCUT2D eigenvalue weighted by molar-refractivity contribution is 6.08. The maximum absolute atomic E-state index is 14.3. The Hall–Kier alpha value is -4.57. The van der Waals surface area contributed by atoms with Crippen molar-refractivity contribution in [1.29, 1.82) is 0 Å². The van der Waals surface area contributed by atoms with Crippen LogP contribution in [0.3, 0.4) is 0 Å². The Kier molecular flexibility index (Phi) is 10.6. The maximum atomic E-state index is 14.3. The lowest BCUT2D eigenvalue weighted by Crippen LogP contribution is -2.22. The second-order valence-corrected chi connectivity index (χ2v) is 10.4. The standard InChI is InChI=1S/C33H38FN3O6/c1-21-26(25-9-8-23(34)18-28(25)27(21)19-31(38)36-20-24-7-6-13-42-24)15-22-16-29(40-4)33(30(17-22)41-5)35-11-10-32(39)43-14-12-37(2)3/h6-9,13,15-18,35H,10-12,14,19-20H2,1-5H3,(H,36,38)/b26-15-. The molecule has 0 aliphatic heterocycles. The van der Waals surface area contributed by atoms with Crippen molar-refractivity contribution in [3.05, 3.63) is 82.6 Å². The van der Waals surface area contributed by atoms with Crippen LogP contribution in [0.25, 0.3) is 17.2 Å². The van der Waals surface area contributed by atoms with Gasteiger partial charge in [0, 0.05) is 13.1 Å². The predicted molar refractivity (Wildman–Crippen MR) is 164 cm³/mol. The fourth-order valence-electron chi connectivity index (χ4n) is 4.86. The Morgan fingerprint density at radius 2 is 1.79 bits per heavy atom. The van der Waals surface area contributed by atoms with Gasteiger partial charge in [0.05, 0.1) is 39.9 Å². The lowest BCUT2D eigenvalue weighted by atomic mass is 10.00. The Balaban J connectivity index is 1.55. The number of halogens is 1.